The van der Waals surface area contributed by atoms with E-state index in [4.69, 9.17) is 16.7 Å². The third-order valence-corrected chi connectivity index (χ3v) is 3.00. The SMILES string of the molecule is Cc1ccc(C(=O)Nc2ccc(Cl)cc2C(=O)O)c(=O)[nH]1. The third kappa shape index (κ3) is 3.29. The highest BCUT2D eigenvalue weighted by Crippen LogP contribution is 2.21. The highest BCUT2D eigenvalue weighted by atomic mass is 35.5. The van der Waals surface area contributed by atoms with Crippen LogP contribution in [0, 0.1) is 6.92 Å². The van der Waals surface area contributed by atoms with Gasteiger partial charge in [0, 0.05) is 10.7 Å². The van der Waals surface area contributed by atoms with E-state index in [1.54, 1.807) is 13.0 Å². The van der Waals surface area contributed by atoms with Crippen LogP contribution in [0.4, 0.5) is 5.69 Å². The number of anilines is 1. The zero-order valence-corrected chi connectivity index (χ0v) is 11.7. The van der Waals surface area contributed by atoms with Gasteiger partial charge in [0.05, 0.1) is 11.3 Å². The van der Waals surface area contributed by atoms with Gasteiger partial charge in [-0.15, -0.1) is 0 Å². The monoisotopic (exact) mass is 306 g/mol. The van der Waals surface area contributed by atoms with E-state index in [2.05, 4.69) is 10.3 Å². The van der Waals surface area contributed by atoms with Crippen LogP contribution in [0.15, 0.2) is 35.1 Å². The van der Waals surface area contributed by atoms with Gasteiger partial charge in [0.15, 0.2) is 0 Å². The van der Waals surface area contributed by atoms with Crippen molar-refractivity contribution in [1.82, 2.24) is 4.98 Å². The van der Waals surface area contributed by atoms with Crippen molar-refractivity contribution in [2.45, 2.75) is 6.92 Å². The summed E-state index contributed by atoms with van der Waals surface area (Å²) in [6.45, 7) is 1.69. The number of rotatable bonds is 3. The first-order valence-corrected chi connectivity index (χ1v) is 6.30. The fraction of sp³-hybridized carbons (Fsp3) is 0.0714. The Balaban J connectivity index is 2.36. The molecule has 108 valence electrons. The Morgan fingerprint density at radius 3 is 2.52 bits per heavy atom. The summed E-state index contributed by atoms with van der Waals surface area (Å²) >= 11 is 5.73. The molecule has 7 heteroatoms. The Kier molecular flexibility index (Phi) is 4.09. The van der Waals surface area contributed by atoms with Crippen molar-refractivity contribution in [3.63, 3.8) is 0 Å². The number of carbonyl (C=O) groups is 2. The highest BCUT2D eigenvalue weighted by Gasteiger charge is 2.16. The quantitative estimate of drug-likeness (QED) is 0.810. The second kappa shape index (κ2) is 5.80. The van der Waals surface area contributed by atoms with Gasteiger partial charge in [-0.25, -0.2) is 4.79 Å². The lowest BCUT2D eigenvalue weighted by Gasteiger charge is -2.08. The van der Waals surface area contributed by atoms with Crippen molar-refractivity contribution in [3.8, 4) is 0 Å². The Labute approximate surface area is 124 Å². The largest absolute Gasteiger partial charge is 0.478 e. The van der Waals surface area contributed by atoms with E-state index in [1.807, 2.05) is 0 Å². The second-order valence-electron chi connectivity index (χ2n) is 4.33. The fourth-order valence-corrected chi connectivity index (χ4v) is 1.92. The Morgan fingerprint density at radius 2 is 1.90 bits per heavy atom. The summed E-state index contributed by atoms with van der Waals surface area (Å²) < 4.78 is 0. The van der Waals surface area contributed by atoms with Crippen LogP contribution < -0.4 is 10.9 Å². The smallest absolute Gasteiger partial charge is 0.337 e. The van der Waals surface area contributed by atoms with Crippen molar-refractivity contribution in [1.29, 1.82) is 0 Å². The molecule has 0 aliphatic rings. The molecule has 0 saturated heterocycles. The summed E-state index contributed by atoms with van der Waals surface area (Å²) in [6.07, 6.45) is 0. The maximum atomic E-state index is 12.0. The molecule has 1 aromatic carbocycles. The summed E-state index contributed by atoms with van der Waals surface area (Å²) in [7, 11) is 0. The van der Waals surface area contributed by atoms with E-state index >= 15 is 0 Å². The number of pyridine rings is 1. The molecule has 21 heavy (non-hydrogen) atoms. The molecule has 0 bridgehead atoms. The van der Waals surface area contributed by atoms with Crippen LogP contribution in [-0.2, 0) is 0 Å². The number of H-pyrrole nitrogens is 1. The number of aromatic carboxylic acids is 1. The molecule has 1 heterocycles. The van der Waals surface area contributed by atoms with E-state index < -0.39 is 17.4 Å². The molecule has 3 N–H and O–H groups in total. The Hall–Kier alpha value is -2.60. The van der Waals surface area contributed by atoms with Crippen molar-refractivity contribution in [2.24, 2.45) is 0 Å². The molecule has 1 aromatic heterocycles. The standard InChI is InChI=1S/C14H11ClN2O4/c1-7-2-4-9(12(18)16-7)13(19)17-11-5-3-8(15)6-10(11)14(20)21/h2-6H,1H3,(H,16,18)(H,17,19)(H,20,21). The third-order valence-electron chi connectivity index (χ3n) is 2.76. The molecule has 0 saturated carbocycles. The molecule has 1 amide bonds. The van der Waals surface area contributed by atoms with Crippen LogP contribution in [0.3, 0.4) is 0 Å². The highest BCUT2D eigenvalue weighted by molar-refractivity contribution is 6.31. The van der Waals surface area contributed by atoms with E-state index in [0.717, 1.165) is 0 Å². The van der Waals surface area contributed by atoms with Crippen LogP contribution >= 0.6 is 11.6 Å². The number of hydrogen-bond donors (Lipinski definition) is 3. The number of aromatic nitrogens is 1. The van der Waals surface area contributed by atoms with Crippen molar-refractivity contribution >= 4 is 29.2 Å². The number of hydrogen-bond acceptors (Lipinski definition) is 3. The number of amides is 1. The zero-order chi connectivity index (χ0) is 15.6. The van der Waals surface area contributed by atoms with E-state index in [0.29, 0.717) is 5.69 Å². The summed E-state index contributed by atoms with van der Waals surface area (Å²) in [5, 5.41) is 11.7. The zero-order valence-electron chi connectivity index (χ0n) is 10.9. The molecule has 0 radical (unpaired) electrons. The van der Waals surface area contributed by atoms with Crippen LogP contribution in [0.2, 0.25) is 5.02 Å². The minimum Gasteiger partial charge on any atom is -0.478 e. The lowest BCUT2D eigenvalue weighted by Crippen LogP contribution is -2.24. The summed E-state index contributed by atoms with van der Waals surface area (Å²) in [4.78, 5) is 37.4. The predicted octanol–water partition coefficient (Wildman–Crippen LogP) is 2.29. The summed E-state index contributed by atoms with van der Waals surface area (Å²) in [5.41, 5.74) is -0.115. The topological polar surface area (TPSA) is 99.3 Å². The van der Waals surface area contributed by atoms with Crippen molar-refractivity contribution in [2.75, 3.05) is 5.32 Å². The molecule has 6 nitrogen and oxygen atoms in total. The number of carboxylic acids is 1. The number of aromatic amines is 1. The van der Waals surface area contributed by atoms with Gasteiger partial charge in [-0.05, 0) is 37.3 Å². The maximum Gasteiger partial charge on any atom is 0.337 e. The normalized spacial score (nSPS) is 10.2. The number of carboxylic acid groups (broad SMARTS) is 1. The lowest BCUT2D eigenvalue weighted by molar-refractivity contribution is 0.0698. The van der Waals surface area contributed by atoms with Gasteiger partial charge < -0.3 is 15.4 Å². The van der Waals surface area contributed by atoms with Gasteiger partial charge in [0.25, 0.3) is 11.5 Å². The Bertz CT molecular complexity index is 783. The number of benzene rings is 1. The predicted molar refractivity (Wildman–Crippen MR) is 78.2 cm³/mol. The first-order chi connectivity index (χ1) is 9.88. The molecular formula is C14H11ClN2O4. The van der Waals surface area contributed by atoms with Gasteiger partial charge in [-0.1, -0.05) is 11.6 Å². The van der Waals surface area contributed by atoms with Crippen LogP contribution in [0.1, 0.15) is 26.4 Å². The number of carbonyl (C=O) groups excluding carboxylic acids is 1. The molecule has 0 unspecified atom stereocenters. The maximum absolute atomic E-state index is 12.0. The molecular weight excluding hydrogens is 296 g/mol. The number of aryl methyl sites for hydroxylation is 1. The van der Waals surface area contributed by atoms with Crippen LogP contribution in [0.25, 0.3) is 0 Å². The summed E-state index contributed by atoms with van der Waals surface area (Å²) in [5.74, 6) is -1.92. The van der Waals surface area contributed by atoms with Gasteiger partial charge >= 0.3 is 5.97 Å². The number of halogens is 1. The van der Waals surface area contributed by atoms with Gasteiger partial charge in [-0.3, -0.25) is 9.59 Å². The summed E-state index contributed by atoms with van der Waals surface area (Å²) in [6, 6.07) is 6.99. The minimum atomic E-state index is -1.23. The molecule has 2 aromatic rings. The molecule has 0 fully saturated rings. The molecule has 0 spiro atoms. The van der Waals surface area contributed by atoms with Gasteiger partial charge in [-0.2, -0.15) is 0 Å². The lowest BCUT2D eigenvalue weighted by atomic mass is 10.1. The first kappa shape index (κ1) is 14.8. The molecule has 0 aliphatic heterocycles. The minimum absolute atomic E-state index is 0.0666. The average Bonchev–Trinajstić information content (AvgIpc) is 2.40. The average molecular weight is 307 g/mol. The molecule has 0 atom stereocenters. The second-order valence-corrected chi connectivity index (χ2v) is 4.77. The first-order valence-electron chi connectivity index (χ1n) is 5.92. The van der Waals surface area contributed by atoms with Crippen LogP contribution in [-0.4, -0.2) is 22.0 Å². The Morgan fingerprint density at radius 1 is 1.19 bits per heavy atom. The number of nitrogens with one attached hydrogen (secondary N) is 2. The van der Waals surface area contributed by atoms with Crippen LogP contribution in [0.5, 0.6) is 0 Å². The van der Waals surface area contributed by atoms with E-state index in [-0.39, 0.29) is 21.8 Å². The van der Waals surface area contributed by atoms with Gasteiger partial charge in [0.1, 0.15) is 5.56 Å². The molecule has 0 aliphatic carbocycles. The van der Waals surface area contributed by atoms with E-state index in [9.17, 15) is 14.4 Å². The van der Waals surface area contributed by atoms with Crippen molar-refractivity contribution < 1.29 is 14.7 Å². The van der Waals surface area contributed by atoms with Gasteiger partial charge in [0.2, 0.25) is 0 Å². The van der Waals surface area contributed by atoms with E-state index in [1.165, 1.54) is 24.3 Å². The fourth-order valence-electron chi connectivity index (χ4n) is 1.74. The van der Waals surface area contributed by atoms with Crippen molar-refractivity contribution in [3.05, 3.63) is 62.5 Å². The molecule has 2 rings (SSSR count).